The van der Waals surface area contributed by atoms with Gasteiger partial charge in [-0.25, -0.2) is 0 Å². The molecule has 1 fully saturated rings. The van der Waals surface area contributed by atoms with Crippen molar-refractivity contribution in [1.29, 1.82) is 0 Å². The third kappa shape index (κ3) is 3.82. The molecule has 1 aromatic carbocycles. The molecule has 1 saturated heterocycles. The standard InChI is InChI=1S/C17H24O2/c1-3-4-5-10-16-15(12-17(18)19-16)11-14-9-7-6-8-13(14)2/h6-9,15-16H,3-5,10-12H2,1-2H3/t15-,16+/m0/s1. The number of hydrogen-bond acceptors (Lipinski definition) is 2. The second kappa shape index (κ2) is 6.74. The molecule has 104 valence electrons. The summed E-state index contributed by atoms with van der Waals surface area (Å²) in [6.45, 7) is 4.34. The molecule has 2 atom stereocenters. The van der Waals surface area contributed by atoms with Gasteiger partial charge in [0.15, 0.2) is 0 Å². The van der Waals surface area contributed by atoms with E-state index in [-0.39, 0.29) is 12.1 Å². The molecule has 19 heavy (non-hydrogen) atoms. The first-order valence-corrected chi connectivity index (χ1v) is 7.44. The Kier molecular flexibility index (Phi) is 5.00. The number of aryl methyl sites for hydroxylation is 1. The average Bonchev–Trinajstić information content (AvgIpc) is 2.73. The van der Waals surface area contributed by atoms with E-state index in [0.717, 1.165) is 12.8 Å². The molecule has 2 heteroatoms. The van der Waals surface area contributed by atoms with Crippen molar-refractivity contribution in [3.63, 3.8) is 0 Å². The Labute approximate surface area is 116 Å². The number of ether oxygens (including phenoxy) is 1. The van der Waals surface area contributed by atoms with Crippen LogP contribution in [0.25, 0.3) is 0 Å². The van der Waals surface area contributed by atoms with Crippen molar-refractivity contribution in [3.8, 4) is 0 Å². The van der Waals surface area contributed by atoms with Gasteiger partial charge in [0, 0.05) is 5.92 Å². The quantitative estimate of drug-likeness (QED) is 0.570. The van der Waals surface area contributed by atoms with Crippen LogP contribution in [0.4, 0.5) is 0 Å². The molecule has 0 bridgehead atoms. The van der Waals surface area contributed by atoms with Crippen molar-refractivity contribution in [2.24, 2.45) is 5.92 Å². The summed E-state index contributed by atoms with van der Waals surface area (Å²) < 4.78 is 5.49. The Morgan fingerprint density at radius 3 is 2.79 bits per heavy atom. The average molecular weight is 260 g/mol. The third-order valence-corrected chi connectivity index (χ3v) is 4.07. The number of hydrogen-bond donors (Lipinski definition) is 0. The van der Waals surface area contributed by atoms with Crippen LogP contribution in [0.2, 0.25) is 0 Å². The van der Waals surface area contributed by atoms with E-state index in [4.69, 9.17) is 4.74 Å². The van der Waals surface area contributed by atoms with Crippen LogP contribution in [0, 0.1) is 12.8 Å². The zero-order chi connectivity index (χ0) is 13.7. The highest BCUT2D eigenvalue weighted by Gasteiger charge is 2.34. The van der Waals surface area contributed by atoms with Crippen LogP contribution in [-0.4, -0.2) is 12.1 Å². The molecule has 0 amide bonds. The van der Waals surface area contributed by atoms with Gasteiger partial charge in [0.1, 0.15) is 6.10 Å². The number of carbonyl (C=O) groups is 1. The normalized spacial score (nSPS) is 22.5. The van der Waals surface area contributed by atoms with Crippen molar-refractivity contribution in [2.75, 3.05) is 0 Å². The molecule has 0 aliphatic carbocycles. The van der Waals surface area contributed by atoms with Gasteiger partial charge >= 0.3 is 5.97 Å². The molecular weight excluding hydrogens is 236 g/mol. The zero-order valence-corrected chi connectivity index (χ0v) is 12.0. The molecule has 1 heterocycles. The monoisotopic (exact) mass is 260 g/mol. The summed E-state index contributed by atoms with van der Waals surface area (Å²) in [5.41, 5.74) is 2.67. The highest BCUT2D eigenvalue weighted by Crippen LogP contribution is 2.30. The first-order valence-electron chi connectivity index (χ1n) is 7.44. The van der Waals surface area contributed by atoms with Crippen molar-refractivity contribution >= 4 is 5.97 Å². The van der Waals surface area contributed by atoms with Gasteiger partial charge in [-0.3, -0.25) is 4.79 Å². The molecule has 1 aliphatic rings. The number of rotatable bonds is 6. The Balaban J connectivity index is 1.97. The summed E-state index contributed by atoms with van der Waals surface area (Å²) >= 11 is 0. The van der Waals surface area contributed by atoms with Gasteiger partial charge in [0.2, 0.25) is 0 Å². The lowest BCUT2D eigenvalue weighted by Gasteiger charge is -2.18. The van der Waals surface area contributed by atoms with Crippen molar-refractivity contribution in [2.45, 2.75) is 58.5 Å². The Bertz CT molecular complexity index is 425. The number of cyclic esters (lactones) is 1. The summed E-state index contributed by atoms with van der Waals surface area (Å²) in [5, 5.41) is 0. The van der Waals surface area contributed by atoms with E-state index < -0.39 is 0 Å². The Morgan fingerprint density at radius 1 is 1.26 bits per heavy atom. The largest absolute Gasteiger partial charge is 0.462 e. The third-order valence-electron chi connectivity index (χ3n) is 4.07. The minimum absolute atomic E-state index is 0.0138. The van der Waals surface area contributed by atoms with Crippen molar-refractivity contribution < 1.29 is 9.53 Å². The van der Waals surface area contributed by atoms with Gasteiger partial charge < -0.3 is 4.74 Å². The van der Waals surface area contributed by atoms with E-state index in [0.29, 0.717) is 12.3 Å². The topological polar surface area (TPSA) is 26.3 Å². The maximum absolute atomic E-state index is 11.5. The van der Waals surface area contributed by atoms with E-state index in [2.05, 4.69) is 38.1 Å². The fraction of sp³-hybridized carbons (Fsp3) is 0.588. The fourth-order valence-electron chi connectivity index (χ4n) is 2.87. The molecular formula is C17H24O2. The summed E-state index contributed by atoms with van der Waals surface area (Å²) in [6, 6.07) is 8.44. The zero-order valence-electron chi connectivity index (χ0n) is 12.0. The van der Waals surface area contributed by atoms with Crippen LogP contribution in [0.5, 0.6) is 0 Å². The van der Waals surface area contributed by atoms with Crippen LogP contribution in [-0.2, 0) is 16.0 Å². The SMILES string of the molecule is CCCCC[C@H]1OC(=O)C[C@@H]1Cc1ccccc1C. The molecule has 1 aromatic rings. The molecule has 0 saturated carbocycles. The summed E-state index contributed by atoms with van der Waals surface area (Å²) in [5.74, 6) is 0.352. The van der Waals surface area contributed by atoms with Gasteiger partial charge in [-0.15, -0.1) is 0 Å². The second-order valence-electron chi connectivity index (χ2n) is 5.62. The van der Waals surface area contributed by atoms with E-state index in [1.807, 2.05) is 0 Å². The van der Waals surface area contributed by atoms with Crippen LogP contribution in [0.1, 0.15) is 50.2 Å². The van der Waals surface area contributed by atoms with Crippen molar-refractivity contribution in [3.05, 3.63) is 35.4 Å². The van der Waals surface area contributed by atoms with Crippen LogP contribution in [0.3, 0.4) is 0 Å². The molecule has 2 rings (SSSR count). The van der Waals surface area contributed by atoms with Gasteiger partial charge in [-0.2, -0.15) is 0 Å². The maximum Gasteiger partial charge on any atom is 0.306 e. The predicted octanol–water partition coefficient (Wildman–Crippen LogP) is 4.05. The minimum atomic E-state index is -0.0138. The lowest BCUT2D eigenvalue weighted by atomic mass is 9.89. The Morgan fingerprint density at radius 2 is 2.05 bits per heavy atom. The van der Waals surface area contributed by atoms with Gasteiger partial charge in [-0.05, 0) is 37.3 Å². The smallest absolute Gasteiger partial charge is 0.306 e. The van der Waals surface area contributed by atoms with Crippen molar-refractivity contribution in [1.82, 2.24) is 0 Å². The highest BCUT2D eigenvalue weighted by atomic mass is 16.5. The lowest BCUT2D eigenvalue weighted by Crippen LogP contribution is -2.18. The molecule has 0 radical (unpaired) electrons. The number of carbonyl (C=O) groups excluding carboxylic acids is 1. The highest BCUT2D eigenvalue weighted by molar-refractivity contribution is 5.72. The van der Waals surface area contributed by atoms with Crippen LogP contribution >= 0.6 is 0 Å². The number of esters is 1. The van der Waals surface area contributed by atoms with Crippen LogP contribution < -0.4 is 0 Å². The van der Waals surface area contributed by atoms with Gasteiger partial charge in [0.25, 0.3) is 0 Å². The van der Waals surface area contributed by atoms with Gasteiger partial charge in [-0.1, -0.05) is 44.0 Å². The maximum atomic E-state index is 11.5. The predicted molar refractivity (Wildman–Crippen MR) is 77.0 cm³/mol. The molecule has 0 spiro atoms. The second-order valence-corrected chi connectivity index (χ2v) is 5.62. The molecule has 0 N–H and O–H groups in total. The first kappa shape index (κ1) is 14.1. The summed E-state index contributed by atoms with van der Waals surface area (Å²) in [4.78, 5) is 11.5. The summed E-state index contributed by atoms with van der Waals surface area (Å²) in [6.07, 6.45) is 6.32. The van der Waals surface area contributed by atoms with Crippen LogP contribution in [0.15, 0.2) is 24.3 Å². The van der Waals surface area contributed by atoms with E-state index in [9.17, 15) is 4.79 Å². The number of benzene rings is 1. The molecule has 2 nitrogen and oxygen atoms in total. The summed E-state index contributed by atoms with van der Waals surface area (Å²) in [7, 11) is 0. The Hall–Kier alpha value is -1.31. The van der Waals surface area contributed by atoms with E-state index in [1.165, 1.54) is 30.4 Å². The van der Waals surface area contributed by atoms with E-state index >= 15 is 0 Å². The van der Waals surface area contributed by atoms with E-state index in [1.54, 1.807) is 0 Å². The molecule has 0 aromatic heterocycles. The molecule has 0 unspecified atom stereocenters. The molecule has 1 aliphatic heterocycles. The van der Waals surface area contributed by atoms with Gasteiger partial charge in [0.05, 0.1) is 6.42 Å². The first-order chi connectivity index (χ1) is 9.20. The lowest BCUT2D eigenvalue weighted by molar-refractivity contribution is -0.141. The fourth-order valence-corrected chi connectivity index (χ4v) is 2.87. The minimum Gasteiger partial charge on any atom is -0.462 e. The number of unbranched alkanes of at least 4 members (excludes halogenated alkanes) is 2.